The fourth-order valence-electron chi connectivity index (χ4n) is 2.06. The number of aromatic nitrogens is 2. The third kappa shape index (κ3) is 3.72. The number of anilines is 1. The minimum Gasteiger partial charge on any atom is -0.444 e. The standard InChI is InChI=1S/C16H13FN4O3/c17-12-3-1-11(2-4-12)16-20-13(10-24-16)7-8-18-15-6-5-14(9-19-15)21(22)23/h1-6,9-10H,7-8H2,(H,18,19). The summed E-state index contributed by atoms with van der Waals surface area (Å²) in [4.78, 5) is 18.4. The molecule has 0 fully saturated rings. The first-order valence-electron chi connectivity index (χ1n) is 7.16. The molecule has 3 aromatic rings. The maximum atomic E-state index is 12.9. The van der Waals surface area contributed by atoms with Crippen LogP contribution in [0.25, 0.3) is 11.5 Å². The molecule has 2 aromatic heterocycles. The van der Waals surface area contributed by atoms with Gasteiger partial charge in [0.25, 0.3) is 5.69 Å². The molecular weight excluding hydrogens is 315 g/mol. The number of nitro groups is 1. The van der Waals surface area contributed by atoms with Gasteiger partial charge in [-0.3, -0.25) is 10.1 Å². The van der Waals surface area contributed by atoms with Crippen LogP contribution in [0.5, 0.6) is 0 Å². The van der Waals surface area contributed by atoms with Crippen molar-refractivity contribution >= 4 is 11.5 Å². The molecule has 8 heteroatoms. The number of nitrogens with one attached hydrogen (secondary N) is 1. The van der Waals surface area contributed by atoms with Gasteiger partial charge in [0.05, 0.1) is 10.6 Å². The van der Waals surface area contributed by atoms with Crippen molar-refractivity contribution in [2.45, 2.75) is 6.42 Å². The number of benzene rings is 1. The number of halogens is 1. The van der Waals surface area contributed by atoms with Crippen LogP contribution >= 0.6 is 0 Å². The summed E-state index contributed by atoms with van der Waals surface area (Å²) in [6.07, 6.45) is 3.33. The topological polar surface area (TPSA) is 94.1 Å². The van der Waals surface area contributed by atoms with E-state index in [0.717, 1.165) is 5.69 Å². The van der Waals surface area contributed by atoms with Gasteiger partial charge in [-0.25, -0.2) is 14.4 Å². The molecule has 0 aliphatic heterocycles. The van der Waals surface area contributed by atoms with Crippen molar-refractivity contribution in [3.8, 4) is 11.5 Å². The van der Waals surface area contributed by atoms with E-state index in [0.29, 0.717) is 30.2 Å². The normalized spacial score (nSPS) is 10.5. The van der Waals surface area contributed by atoms with Gasteiger partial charge in [-0.2, -0.15) is 0 Å². The molecule has 0 amide bonds. The molecule has 0 aliphatic rings. The largest absolute Gasteiger partial charge is 0.444 e. The molecular formula is C16H13FN4O3. The van der Waals surface area contributed by atoms with Crippen LogP contribution in [-0.4, -0.2) is 21.4 Å². The third-order valence-corrected chi connectivity index (χ3v) is 3.29. The second kappa shape index (κ2) is 6.86. The Morgan fingerprint density at radius 1 is 1.21 bits per heavy atom. The predicted octanol–water partition coefficient (Wildman–Crippen LogP) is 3.44. The van der Waals surface area contributed by atoms with Crippen LogP contribution in [-0.2, 0) is 6.42 Å². The molecule has 7 nitrogen and oxygen atoms in total. The lowest BCUT2D eigenvalue weighted by molar-refractivity contribution is -0.385. The molecule has 0 unspecified atom stereocenters. The quantitative estimate of drug-likeness (QED) is 0.550. The number of nitrogens with zero attached hydrogens (tertiary/aromatic N) is 3. The van der Waals surface area contributed by atoms with Gasteiger partial charge in [-0.05, 0) is 30.3 Å². The summed E-state index contributed by atoms with van der Waals surface area (Å²) in [7, 11) is 0. The fourth-order valence-corrected chi connectivity index (χ4v) is 2.06. The minimum atomic E-state index is -0.497. The number of oxazole rings is 1. The van der Waals surface area contributed by atoms with Crippen molar-refractivity contribution in [2.75, 3.05) is 11.9 Å². The molecule has 0 saturated carbocycles. The van der Waals surface area contributed by atoms with E-state index in [1.54, 1.807) is 24.5 Å². The van der Waals surface area contributed by atoms with E-state index in [1.807, 2.05) is 0 Å². The van der Waals surface area contributed by atoms with Crippen LogP contribution < -0.4 is 5.32 Å². The lowest BCUT2D eigenvalue weighted by atomic mass is 10.2. The van der Waals surface area contributed by atoms with E-state index in [9.17, 15) is 14.5 Å². The van der Waals surface area contributed by atoms with Crippen LogP contribution in [0, 0.1) is 15.9 Å². The lowest BCUT2D eigenvalue weighted by Crippen LogP contribution is -2.06. The van der Waals surface area contributed by atoms with Crippen LogP contribution in [0.1, 0.15) is 5.69 Å². The van der Waals surface area contributed by atoms with Crippen LogP contribution in [0.4, 0.5) is 15.9 Å². The van der Waals surface area contributed by atoms with E-state index in [-0.39, 0.29) is 11.5 Å². The third-order valence-electron chi connectivity index (χ3n) is 3.29. The highest BCUT2D eigenvalue weighted by Gasteiger charge is 2.08. The summed E-state index contributed by atoms with van der Waals surface area (Å²) in [6.45, 7) is 0.542. The van der Waals surface area contributed by atoms with Gasteiger partial charge < -0.3 is 9.73 Å². The average molecular weight is 328 g/mol. The van der Waals surface area contributed by atoms with Gasteiger partial charge in [0.15, 0.2) is 0 Å². The Balaban J connectivity index is 1.55. The zero-order valence-corrected chi connectivity index (χ0v) is 12.5. The zero-order chi connectivity index (χ0) is 16.9. The Morgan fingerprint density at radius 3 is 2.67 bits per heavy atom. The Morgan fingerprint density at radius 2 is 2.00 bits per heavy atom. The summed E-state index contributed by atoms with van der Waals surface area (Å²) < 4.78 is 18.3. The van der Waals surface area contributed by atoms with Gasteiger partial charge in [0.2, 0.25) is 5.89 Å². The Hall–Kier alpha value is -3.29. The zero-order valence-electron chi connectivity index (χ0n) is 12.5. The van der Waals surface area contributed by atoms with Crippen molar-refractivity contribution in [3.63, 3.8) is 0 Å². The molecule has 0 atom stereocenters. The highest BCUT2D eigenvalue weighted by atomic mass is 19.1. The van der Waals surface area contributed by atoms with Gasteiger partial charge in [0, 0.05) is 24.6 Å². The number of hydrogen-bond donors (Lipinski definition) is 1. The number of rotatable bonds is 6. The Labute approximate surface area is 136 Å². The first kappa shape index (κ1) is 15.6. The summed E-state index contributed by atoms with van der Waals surface area (Å²) in [5.41, 5.74) is 1.39. The monoisotopic (exact) mass is 328 g/mol. The van der Waals surface area contributed by atoms with Crippen molar-refractivity contribution in [3.05, 3.63) is 70.5 Å². The summed E-state index contributed by atoms with van der Waals surface area (Å²) in [5, 5.41) is 13.6. The molecule has 0 bridgehead atoms. The summed E-state index contributed by atoms with van der Waals surface area (Å²) >= 11 is 0. The molecule has 0 spiro atoms. The predicted molar refractivity (Wildman–Crippen MR) is 85.0 cm³/mol. The van der Waals surface area contributed by atoms with E-state index in [4.69, 9.17) is 4.42 Å². The number of pyridine rings is 1. The van der Waals surface area contributed by atoms with Crippen molar-refractivity contribution in [2.24, 2.45) is 0 Å². The molecule has 1 N–H and O–H groups in total. The van der Waals surface area contributed by atoms with Crippen molar-refractivity contribution in [1.29, 1.82) is 0 Å². The van der Waals surface area contributed by atoms with Gasteiger partial charge in [-0.15, -0.1) is 0 Å². The van der Waals surface area contributed by atoms with E-state index >= 15 is 0 Å². The molecule has 2 heterocycles. The van der Waals surface area contributed by atoms with E-state index in [2.05, 4.69) is 15.3 Å². The summed E-state index contributed by atoms with van der Waals surface area (Å²) in [6, 6.07) is 8.83. The van der Waals surface area contributed by atoms with E-state index < -0.39 is 4.92 Å². The maximum Gasteiger partial charge on any atom is 0.287 e. The minimum absolute atomic E-state index is 0.0546. The van der Waals surface area contributed by atoms with Crippen molar-refractivity contribution in [1.82, 2.24) is 9.97 Å². The molecule has 0 saturated heterocycles. The first-order valence-corrected chi connectivity index (χ1v) is 7.16. The molecule has 0 radical (unpaired) electrons. The SMILES string of the molecule is O=[N+]([O-])c1ccc(NCCc2coc(-c3ccc(F)cc3)n2)nc1. The fraction of sp³-hybridized carbons (Fsp3) is 0.125. The molecule has 122 valence electrons. The van der Waals surface area contributed by atoms with Gasteiger partial charge >= 0.3 is 0 Å². The molecule has 0 aliphatic carbocycles. The highest BCUT2D eigenvalue weighted by Crippen LogP contribution is 2.19. The molecule has 3 rings (SSSR count). The van der Waals surface area contributed by atoms with Crippen LogP contribution in [0.15, 0.2) is 53.3 Å². The smallest absolute Gasteiger partial charge is 0.287 e. The van der Waals surface area contributed by atoms with E-state index in [1.165, 1.54) is 24.4 Å². The lowest BCUT2D eigenvalue weighted by Gasteiger charge is -2.03. The average Bonchev–Trinajstić information content (AvgIpc) is 3.05. The summed E-state index contributed by atoms with van der Waals surface area (Å²) in [5.74, 6) is 0.659. The van der Waals surface area contributed by atoms with Crippen molar-refractivity contribution < 1.29 is 13.7 Å². The maximum absolute atomic E-state index is 12.9. The highest BCUT2D eigenvalue weighted by molar-refractivity contribution is 5.52. The second-order valence-corrected chi connectivity index (χ2v) is 4.99. The second-order valence-electron chi connectivity index (χ2n) is 4.99. The molecule has 24 heavy (non-hydrogen) atoms. The van der Waals surface area contributed by atoms with Gasteiger partial charge in [0.1, 0.15) is 24.1 Å². The Bertz CT molecular complexity index is 831. The molecule has 1 aromatic carbocycles. The van der Waals surface area contributed by atoms with Crippen LogP contribution in [0.2, 0.25) is 0 Å². The Kier molecular flexibility index (Phi) is 4.46. The first-order chi connectivity index (χ1) is 11.6. The van der Waals surface area contributed by atoms with Crippen LogP contribution in [0.3, 0.4) is 0 Å². The number of hydrogen-bond acceptors (Lipinski definition) is 6. The van der Waals surface area contributed by atoms with Gasteiger partial charge in [-0.1, -0.05) is 0 Å².